The maximum Gasteiger partial charge on any atom is 0.317 e. The number of ether oxygens (including phenoxy) is 1. The lowest BCUT2D eigenvalue weighted by Gasteiger charge is -2.27. The van der Waals surface area contributed by atoms with Gasteiger partial charge < -0.3 is 20.1 Å². The van der Waals surface area contributed by atoms with Crippen molar-refractivity contribution in [1.29, 1.82) is 0 Å². The van der Waals surface area contributed by atoms with Crippen LogP contribution in [0.4, 0.5) is 4.79 Å². The predicted molar refractivity (Wildman–Crippen MR) is 68.9 cm³/mol. The van der Waals surface area contributed by atoms with E-state index in [1.807, 2.05) is 0 Å². The number of carbonyl (C=O) groups excluding carboxylic acids is 1. The molecule has 2 amide bonds. The van der Waals surface area contributed by atoms with E-state index < -0.39 is 11.9 Å². The lowest BCUT2D eigenvalue weighted by Crippen LogP contribution is -2.49. The Morgan fingerprint density at radius 2 is 2.05 bits per heavy atom. The van der Waals surface area contributed by atoms with Gasteiger partial charge in [-0.3, -0.25) is 4.79 Å². The number of rotatable bonds is 3. The van der Waals surface area contributed by atoms with E-state index in [0.29, 0.717) is 13.0 Å². The molecule has 1 saturated heterocycles. The van der Waals surface area contributed by atoms with Crippen LogP contribution in [0.5, 0.6) is 0 Å². The van der Waals surface area contributed by atoms with Crippen LogP contribution in [0.15, 0.2) is 0 Å². The number of carboxylic acid groups (broad SMARTS) is 1. The number of nitrogens with one attached hydrogen (secondary N) is 1. The molecule has 0 bridgehead atoms. The highest BCUT2D eigenvalue weighted by Gasteiger charge is 2.39. The van der Waals surface area contributed by atoms with Gasteiger partial charge in [-0.2, -0.15) is 0 Å². The summed E-state index contributed by atoms with van der Waals surface area (Å²) in [6, 6.07) is -0.362. The van der Waals surface area contributed by atoms with Crippen LogP contribution >= 0.6 is 0 Å². The molecule has 108 valence electrons. The standard InChI is InChI=1S/C13H22N2O4/c1-8-9(12(16)17)6-7-15(8)13(18)14-10-4-3-5-11(10)19-2/h8-11H,3-7H2,1-2H3,(H,14,18)(H,16,17). The van der Waals surface area contributed by atoms with Crippen LogP contribution in [0, 0.1) is 5.92 Å². The van der Waals surface area contributed by atoms with Gasteiger partial charge in [0.25, 0.3) is 0 Å². The largest absolute Gasteiger partial charge is 0.481 e. The molecule has 6 nitrogen and oxygen atoms in total. The van der Waals surface area contributed by atoms with Gasteiger partial charge in [-0.05, 0) is 32.6 Å². The fraction of sp³-hybridized carbons (Fsp3) is 0.846. The first-order chi connectivity index (χ1) is 9.04. The molecule has 0 spiro atoms. The Kier molecular flexibility index (Phi) is 4.29. The number of methoxy groups -OCH3 is 1. The zero-order valence-corrected chi connectivity index (χ0v) is 11.5. The summed E-state index contributed by atoms with van der Waals surface area (Å²) in [5.74, 6) is -1.27. The Labute approximate surface area is 113 Å². The second-order valence-electron chi connectivity index (χ2n) is 5.43. The van der Waals surface area contributed by atoms with Gasteiger partial charge in [0.1, 0.15) is 0 Å². The van der Waals surface area contributed by atoms with E-state index in [2.05, 4.69) is 5.32 Å². The molecular formula is C13H22N2O4. The molecule has 6 heteroatoms. The van der Waals surface area contributed by atoms with Crippen LogP contribution in [-0.4, -0.2) is 53.8 Å². The van der Waals surface area contributed by atoms with Crippen LogP contribution in [0.25, 0.3) is 0 Å². The van der Waals surface area contributed by atoms with Crippen LogP contribution in [-0.2, 0) is 9.53 Å². The van der Waals surface area contributed by atoms with Gasteiger partial charge >= 0.3 is 12.0 Å². The van der Waals surface area contributed by atoms with Crippen molar-refractivity contribution in [1.82, 2.24) is 10.2 Å². The third-order valence-electron chi connectivity index (χ3n) is 4.40. The number of carbonyl (C=O) groups is 2. The SMILES string of the molecule is COC1CCCC1NC(=O)N1CCC(C(=O)O)C1C. The zero-order valence-electron chi connectivity index (χ0n) is 11.5. The molecule has 0 aromatic carbocycles. The molecule has 0 aromatic rings. The molecule has 2 rings (SSSR count). The highest BCUT2D eigenvalue weighted by atomic mass is 16.5. The number of nitrogens with zero attached hydrogens (tertiary/aromatic N) is 1. The lowest BCUT2D eigenvalue weighted by molar-refractivity contribution is -0.142. The molecule has 4 atom stereocenters. The third-order valence-corrected chi connectivity index (χ3v) is 4.40. The minimum absolute atomic E-state index is 0.0496. The van der Waals surface area contributed by atoms with Gasteiger partial charge in [0.2, 0.25) is 0 Å². The molecule has 2 aliphatic rings. The smallest absolute Gasteiger partial charge is 0.317 e. The number of hydrogen-bond donors (Lipinski definition) is 2. The van der Waals surface area contributed by atoms with Crippen LogP contribution in [0.1, 0.15) is 32.6 Å². The van der Waals surface area contributed by atoms with Crippen LogP contribution in [0.3, 0.4) is 0 Å². The summed E-state index contributed by atoms with van der Waals surface area (Å²) < 4.78 is 5.35. The zero-order chi connectivity index (χ0) is 14.0. The fourth-order valence-corrected chi connectivity index (χ4v) is 3.17. The van der Waals surface area contributed by atoms with E-state index in [1.165, 1.54) is 0 Å². The number of carboxylic acids is 1. The summed E-state index contributed by atoms with van der Waals surface area (Å²) in [6.45, 7) is 2.31. The van der Waals surface area contributed by atoms with E-state index in [-0.39, 0.29) is 24.2 Å². The first-order valence-corrected chi connectivity index (χ1v) is 6.87. The first-order valence-electron chi connectivity index (χ1n) is 6.87. The summed E-state index contributed by atoms with van der Waals surface area (Å²) in [5.41, 5.74) is 0. The van der Waals surface area contributed by atoms with Gasteiger partial charge in [0.05, 0.1) is 18.1 Å². The minimum atomic E-state index is -0.821. The van der Waals surface area contributed by atoms with Crippen molar-refractivity contribution < 1.29 is 19.4 Å². The molecule has 2 fully saturated rings. The van der Waals surface area contributed by atoms with Crippen molar-refractivity contribution in [2.45, 2.75) is 50.8 Å². The summed E-state index contributed by atoms with van der Waals surface area (Å²) in [5, 5.41) is 12.0. The number of aliphatic carboxylic acids is 1. The Balaban J connectivity index is 1.92. The van der Waals surface area contributed by atoms with E-state index in [4.69, 9.17) is 9.84 Å². The number of likely N-dealkylation sites (tertiary alicyclic amines) is 1. The molecule has 1 aliphatic heterocycles. The van der Waals surface area contributed by atoms with Gasteiger partial charge in [-0.1, -0.05) is 0 Å². The quantitative estimate of drug-likeness (QED) is 0.803. The van der Waals surface area contributed by atoms with Crippen molar-refractivity contribution >= 4 is 12.0 Å². The van der Waals surface area contributed by atoms with Crippen LogP contribution < -0.4 is 5.32 Å². The maximum absolute atomic E-state index is 12.2. The summed E-state index contributed by atoms with van der Waals surface area (Å²) in [4.78, 5) is 24.9. The Hall–Kier alpha value is -1.30. The molecule has 1 saturated carbocycles. The first kappa shape index (κ1) is 14.1. The normalized spacial score (nSPS) is 34.5. The van der Waals surface area contributed by atoms with E-state index in [9.17, 15) is 9.59 Å². The highest BCUT2D eigenvalue weighted by molar-refractivity contribution is 5.78. The topological polar surface area (TPSA) is 78.9 Å². The molecular weight excluding hydrogens is 248 g/mol. The van der Waals surface area contributed by atoms with Gasteiger partial charge in [-0.25, -0.2) is 4.79 Å². The maximum atomic E-state index is 12.2. The van der Waals surface area contributed by atoms with E-state index >= 15 is 0 Å². The number of urea groups is 1. The van der Waals surface area contributed by atoms with Gasteiger partial charge in [0, 0.05) is 19.7 Å². The monoisotopic (exact) mass is 270 g/mol. The average molecular weight is 270 g/mol. The van der Waals surface area contributed by atoms with Crippen molar-refractivity contribution in [2.75, 3.05) is 13.7 Å². The van der Waals surface area contributed by atoms with Crippen molar-refractivity contribution in [3.8, 4) is 0 Å². The third kappa shape index (κ3) is 2.83. The molecule has 4 unspecified atom stereocenters. The average Bonchev–Trinajstić information content (AvgIpc) is 2.95. The molecule has 0 radical (unpaired) electrons. The second-order valence-corrected chi connectivity index (χ2v) is 5.43. The second kappa shape index (κ2) is 5.77. The molecule has 2 N–H and O–H groups in total. The lowest BCUT2D eigenvalue weighted by atomic mass is 10.0. The fourth-order valence-electron chi connectivity index (χ4n) is 3.17. The molecule has 1 heterocycles. The predicted octanol–water partition coefficient (Wildman–Crippen LogP) is 1.06. The Morgan fingerprint density at radius 3 is 2.63 bits per heavy atom. The Bertz CT molecular complexity index is 361. The van der Waals surface area contributed by atoms with Crippen molar-refractivity contribution in [3.63, 3.8) is 0 Å². The van der Waals surface area contributed by atoms with Gasteiger partial charge in [-0.15, -0.1) is 0 Å². The van der Waals surface area contributed by atoms with Crippen molar-refractivity contribution in [3.05, 3.63) is 0 Å². The van der Waals surface area contributed by atoms with E-state index in [0.717, 1.165) is 19.3 Å². The van der Waals surface area contributed by atoms with Gasteiger partial charge in [0.15, 0.2) is 0 Å². The summed E-state index contributed by atoms with van der Waals surface area (Å²) >= 11 is 0. The van der Waals surface area contributed by atoms with E-state index in [1.54, 1.807) is 18.9 Å². The highest BCUT2D eigenvalue weighted by Crippen LogP contribution is 2.26. The molecule has 0 aromatic heterocycles. The minimum Gasteiger partial charge on any atom is -0.481 e. The molecule has 19 heavy (non-hydrogen) atoms. The van der Waals surface area contributed by atoms with Crippen LogP contribution in [0.2, 0.25) is 0 Å². The molecule has 1 aliphatic carbocycles. The summed E-state index contributed by atoms with van der Waals surface area (Å²) in [7, 11) is 1.66. The van der Waals surface area contributed by atoms with Crippen molar-refractivity contribution in [2.24, 2.45) is 5.92 Å². The number of amides is 2. The number of hydrogen-bond acceptors (Lipinski definition) is 3. The Morgan fingerprint density at radius 1 is 1.32 bits per heavy atom. The summed E-state index contributed by atoms with van der Waals surface area (Å²) in [6.07, 6.45) is 3.56.